The Morgan fingerprint density at radius 2 is 2.38 bits per heavy atom. The van der Waals surface area contributed by atoms with Gasteiger partial charge >= 0.3 is 5.97 Å². The van der Waals surface area contributed by atoms with Crippen molar-refractivity contribution in [1.29, 1.82) is 0 Å². The Kier molecular flexibility index (Phi) is 3.40. The molecule has 0 spiro atoms. The van der Waals surface area contributed by atoms with E-state index >= 15 is 0 Å². The van der Waals surface area contributed by atoms with Crippen molar-refractivity contribution in [2.24, 2.45) is 11.3 Å². The summed E-state index contributed by atoms with van der Waals surface area (Å²) in [6.07, 6.45) is 1.07. The molecule has 2 fully saturated rings. The van der Waals surface area contributed by atoms with Gasteiger partial charge < -0.3 is 19.1 Å². The van der Waals surface area contributed by atoms with Gasteiger partial charge in [-0.2, -0.15) is 9.37 Å². The van der Waals surface area contributed by atoms with Gasteiger partial charge in [-0.25, -0.2) is 4.98 Å². The average molecular weight is 297 g/mol. The second-order valence-corrected chi connectivity index (χ2v) is 5.27. The highest BCUT2D eigenvalue weighted by atomic mass is 19.1. The summed E-state index contributed by atoms with van der Waals surface area (Å²) in [5.74, 6) is -0.663. The molecule has 8 heteroatoms. The monoisotopic (exact) mass is 297 g/mol. The number of rotatable bonds is 3. The number of esters is 1. The first-order valence-corrected chi connectivity index (χ1v) is 6.58. The summed E-state index contributed by atoms with van der Waals surface area (Å²) in [7, 11) is 2.71. The SMILES string of the molecule is COC(=O)[C@@]12COC[C@@H]1CN(c1ncc(F)c(OC)n1)C2. The van der Waals surface area contributed by atoms with Crippen LogP contribution in [0.2, 0.25) is 0 Å². The molecule has 1 aromatic heterocycles. The van der Waals surface area contributed by atoms with Crippen molar-refractivity contribution < 1.29 is 23.4 Å². The number of fused-ring (bicyclic) bond motifs is 1. The molecule has 1 aromatic rings. The second-order valence-electron chi connectivity index (χ2n) is 5.27. The van der Waals surface area contributed by atoms with E-state index in [9.17, 15) is 9.18 Å². The molecule has 0 aromatic carbocycles. The van der Waals surface area contributed by atoms with Crippen LogP contribution in [0.5, 0.6) is 5.88 Å². The third kappa shape index (κ3) is 2.10. The largest absolute Gasteiger partial charge is 0.479 e. The number of ether oxygens (including phenoxy) is 3. The molecular formula is C13H16FN3O4. The zero-order chi connectivity index (χ0) is 15.0. The van der Waals surface area contributed by atoms with Crippen LogP contribution in [-0.4, -0.2) is 56.5 Å². The number of hydrogen-bond acceptors (Lipinski definition) is 7. The summed E-state index contributed by atoms with van der Waals surface area (Å²) in [4.78, 5) is 22.0. The van der Waals surface area contributed by atoms with Crippen LogP contribution >= 0.6 is 0 Å². The highest BCUT2D eigenvalue weighted by molar-refractivity contribution is 5.79. The van der Waals surface area contributed by atoms with Crippen LogP contribution in [0.25, 0.3) is 0 Å². The summed E-state index contributed by atoms with van der Waals surface area (Å²) in [6, 6.07) is 0. The van der Waals surface area contributed by atoms with E-state index in [2.05, 4.69) is 9.97 Å². The Labute approximate surface area is 121 Å². The summed E-state index contributed by atoms with van der Waals surface area (Å²) in [5.41, 5.74) is -0.695. The molecule has 21 heavy (non-hydrogen) atoms. The molecule has 2 aliphatic heterocycles. The number of hydrogen-bond donors (Lipinski definition) is 0. The van der Waals surface area contributed by atoms with Gasteiger partial charge in [0.2, 0.25) is 11.8 Å². The number of methoxy groups -OCH3 is 2. The van der Waals surface area contributed by atoms with Crippen molar-refractivity contribution in [1.82, 2.24) is 9.97 Å². The molecule has 2 atom stereocenters. The molecule has 0 unspecified atom stereocenters. The lowest BCUT2D eigenvalue weighted by Gasteiger charge is -2.23. The Bertz CT molecular complexity index is 570. The van der Waals surface area contributed by atoms with Crippen molar-refractivity contribution >= 4 is 11.9 Å². The quantitative estimate of drug-likeness (QED) is 0.740. The fourth-order valence-corrected chi connectivity index (χ4v) is 3.02. The van der Waals surface area contributed by atoms with Gasteiger partial charge in [-0.1, -0.05) is 0 Å². The molecule has 0 bridgehead atoms. The number of halogens is 1. The van der Waals surface area contributed by atoms with Crippen LogP contribution in [0.4, 0.5) is 10.3 Å². The lowest BCUT2D eigenvalue weighted by molar-refractivity contribution is -0.152. The van der Waals surface area contributed by atoms with Crippen LogP contribution in [0.3, 0.4) is 0 Å². The smallest absolute Gasteiger partial charge is 0.316 e. The predicted octanol–water partition coefficient (Wildman–Crippen LogP) is 0.250. The highest BCUT2D eigenvalue weighted by Crippen LogP contribution is 2.43. The molecule has 0 N–H and O–H groups in total. The van der Waals surface area contributed by atoms with Crippen LogP contribution in [0, 0.1) is 17.2 Å². The lowest BCUT2D eigenvalue weighted by Crippen LogP contribution is -2.40. The maximum absolute atomic E-state index is 13.4. The van der Waals surface area contributed by atoms with E-state index < -0.39 is 11.2 Å². The van der Waals surface area contributed by atoms with Gasteiger partial charge in [-0.05, 0) is 0 Å². The molecule has 0 saturated carbocycles. The summed E-state index contributed by atoms with van der Waals surface area (Å²) < 4.78 is 28.6. The van der Waals surface area contributed by atoms with E-state index in [-0.39, 0.29) is 17.8 Å². The average Bonchev–Trinajstić information content (AvgIpc) is 3.04. The molecule has 2 aliphatic rings. The highest BCUT2D eigenvalue weighted by Gasteiger charge is 2.57. The summed E-state index contributed by atoms with van der Waals surface area (Å²) >= 11 is 0. The molecule has 0 aliphatic carbocycles. The predicted molar refractivity (Wildman–Crippen MR) is 69.5 cm³/mol. The lowest BCUT2D eigenvalue weighted by atomic mass is 9.81. The van der Waals surface area contributed by atoms with Gasteiger partial charge in [-0.15, -0.1) is 0 Å². The molecule has 114 valence electrons. The minimum Gasteiger partial charge on any atom is -0.479 e. The van der Waals surface area contributed by atoms with Gasteiger partial charge in [0, 0.05) is 19.0 Å². The number of anilines is 1. The van der Waals surface area contributed by atoms with Crippen molar-refractivity contribution in [3.8, 4) is 5.88 Å². The minimum atomic E-state index is -0.695. The zero-order valence-corrected chi connectivity index (χ0v) is 11.8. The van der Waals surface area contributed by atoms with E-state index in [1.165, 1.54) is 14.2 Å². The standard InChI is InChI=1S/C13H16FN3O4/c1-19-10-9(14)3-15-12(16-10)17-4-8-5-21-7-13(8,6-17)11(18)20-2/h3,8H,4-7H2,1-2H3/t8-,13-/m0/s1. The van der Waals surface area contributed by atoms with E-state index in [0.29, 0.717) is 32.3 Å². The van der Waals surface area contributed by atoms with Crippen molar-refractivity contribution in [2.75, 3.05) is 45.4 Å². The topological polar surface area (TPSA) is 73.8 Å². The number of nitrogens with zero attached hydrogens (tertiary/aromatic N) is 3. The first-order chi connectivity index (χ1) is 10.1. The third-order valence-corrected chi connectivity index (χ3v) is 4.14. The Morgan fingerprint density at radius 1 is 1.57 bits per heavy atom. The van der Waals surface area contributed by atoms with Gasteiger partial charge in [0.05, 0.1) is 33.6 Å². The zero-order valence-electron chi connectivity index (χ0n) is 11.8. The number of carbonyl (C=O) groups is 1. The summed E-state index contributed by atoms with van der Waals surface area (Å²) in [5, 5.41) is 0. The first kappa shape index (κ1) is 14.0. The van der Waals surface area contributed by atoms with Crippen molar-refractivity contribution in [3.05, 3.63) is 12.0 Å². The summed E-state index contributed by atoms with van der Waals surface area (Å²) in [6.45, 7) is 1.76. The molecule has 3 rings (SSSR count). The number of aromatic nitrogens is 2. The Morgan fingerprint density at radius 3 is 3.10 bits per heavy atom. The fourth-order valence-electron chi connectivity index (χ4n) is 3.02. The second kappa shape index (κ2) is 5.10. The van der Waals surface area contributed by atoms with Gasteiger partial charge in [0.25, 0.3) is 5.88 Å². The van der Waals surface area contributed by atoms with Crippen LogP contribution in [0.15, 0.2) is 6.20 Å². The normalized spacial score (nSPS) is 27.6. The van der Waals surface area contributed by atoms with Crippen molar-refractivity contribution in [3.63, 3.8) is 0 Å². The van der Waals surface area contributed by atoms with E-state index in [4.69, 9.17) is 14.2 Å². The van der Waals surface area contributed by atoms with Crippen LogP contribution in [-0.2, 0) is 14.3 Å². The Balaban J connectivity index is 1.88. The first-order valence-electron chi connectivity index (χ1n) is 6.58. The van der Waals surface area contributed by atoms with Gasteiger partial charge in [-0.3, -0.25) is 4.79 Å². The third-order valence-electron chi connectivity index (χ3n) is 4.14. The number of carbonyl (C=O) groups excluding carboxylic acids is 1. The van der Waals surface area contributed by atoms with Crippen molar-refractivity contribution in [2.45, 2.75) is 0 Å². The molecule has 7 nitrogen and oxygen atoms in total. The van der Waals surface area contributed by atoms with Crippen LogP contribution in [0.1, 0.15) is 0 Å². The maximum Gasteiger partial charge on any atom is 0.316 e. The molecule has 3 heterocycles. The maximum atomic E-state index is 13.4. The molecule has 0 amide bonds. The Hall–Kier alpha value is -1.96. The van der Waals surface area contributed by atoms with Crippen LogP contribution < -0.4 is 9.64 Å². The fraction of sp³-hybridized carbons (Fsp3) is 0.615. The van der Waals surface area contributed by atoms with E-state index in [0.717, 1.165) is 6.20 Å². The van der Waals surface area contributed by atoms with Gasteiger partial charge in [0.1, 0.15) is 5.41 Å². The van der Waals surface area contributed by atoms with E-state index in [1.54, 1.807) is 0 Å². The van der Waals surface area contributed by atoms with Gasteiger partial charge in [0.15, 0.2) is 0 Å². The molecular weight excluding hydrogens is 281 g/mol. The molecule has 0 radical (unpaired) electrons. The minimum absolute atomic E-state index is 0.0181. The van der Waals surface area contributed by atoms with E-state index in [1.807, 2.05) is 4.90 Å². The molecule has 2 saturated heterocycles.